The zero-order valence-electron chi connectivity index (χ0n) is 19.7. The van der Waals surface area contributed by atoms with Crippen molar-refractivity contribution in [1.29, 1.82) is 0 Å². The van der Waals surface area contributed by atoms with Gasteiger partial charge in [0.25, 0.3) is 0 Å². The summed E-state index contributed by atoms with van der Waals surface area (Å²) in [4.78, 5) is 16.5. The predicted molar refractivity (Wildman–Crippen MR) is 126 cm³/mol. The van der Waals surface area contributed by atoms with Crippen LogP contribution in [0.15, 0.2) is 59.5 Å². The molecule has 1 aliphatic rings. The number of benzene rings is 2. The molecule has 2 heterocycles. The first-order valence-corrected chi connectivity index (χ1v) is 11.2. The van der Waals surface area contributed by atoms with Crippen molar-refractivity contribution in [3.05, 3.63) is 87.7 Å². The summed E-state index contributed by atoms with van der Waals surface area (Å²) in [5.41, 5.74) is 2.52. The van der Waals surface area contributed by atoms with Gasteiger partial charge in [-0.25, -0.2) is 18.7 Å². The van der Waals surface area contributed by atoms with Gasteiger partial charge in [0, 0.05) is 18.2 Å². The molecule has 1 aliphatic heterocycles. The number of hydrogen-bond acceptors (Lipinski definition) is 11. The van der Waals surface area contributed by atoms with Crippen molar-refractivity contribution in [2.45, 2.75) is 36.8 Å². The smallest absolute Gasteiger partial charge is 0.353 e. The Morgan fingerprint density at radius 3 is 2.49 bits per heavy atom. The first-order valence-electron chi connectivity index (χ1n) is 11.2. The fraction of sp³-hybridized carbons (Fsp3) is 0.333. The lowest BCUT2D eigenvalue weighted by atomic mass is 9.99. The number of aromatic nitrogens is 2. The van der Waals surface area contributed by atoms with E-state index in [4.69, 9.17) is 15.2 Å². The Balaban J connectivity index is 1.79. The second kappa shape index (κ2) is 10.1. The van der Waals surface area contributed by atoms with Crippen LogP contribution in [0.3, 0.4) is 0 Å². The Labute approximate surface area is 210 Å². The van der Waals surface area contributed by atoms with Crippen molar-refractivity contribution in [2.24, 2.45) is 0 Å². The minimum Gasteiger partial charge on any atom is -0.497 e. The summed E-state index contributed by atoms with van der Waals surface area (Å²) in [6, 6.07) is 12.1. The number of hydrogen-bond donors (Lipinski definition) is 6. The number of nitrogen functional groups attached to an aromatic ring is 1. The topological polar surface area (TPSA) is 184 Å². The monoisotopic (exact) mass is 518 g/mol. The highest BCUT2D eigenvalue weighted by atomic mass is 19.1. The summed E-state index contributed by atoms with van der Waals surface area (Å²) in [5, 5.41) is 54.8. The molecule has 4 rings (SSSR count). The summed E-state index contributed by atoms with van der Waals surface area (Å²) < 4.78 is 25.0. The molecule has 0 saturated carbocycles. The Bertz CT molecular complexity index is 1320. The molecule has 37 heavy (non-hydrogen) atoms. The zero-order chi connectivity index (χ0) is 27.0. The maximum absolute atomic E-state index is 14.2. The van der Waals surface area contributed by atoms with Gasteiger partial charge in [-0.1, -0.05) is 30.3 Å². The average molecular weight is 518 g/mol. The van der Waals surface area contributed by atoms with Gasteiger partial charge in [0.05, 0.1) is 20.3 Å². The van der Waals surface area contributed by atoms with Gasteiger partial charge in [0.15, 0.2) is 0 Å². The molecule has 1 saturated heterocycles. The van der Waals surface area contributed by atoms with Crippen LogP contribution >= 0.6 is 0 Å². The highest BCUT2D eigenvalue weighted by molar-refractivity contribution is 5.43. The molecule has 0 amide bonds. The van der Waals surface area contributed by atoms with Crippen molar-refractivity contribution >= 4 is 5.82 Å². The largest absolute Gasteiger partial charge is 0.497 e. The molecule has 13 heteroatoms. The number of aliphatic hydroxyl groups excluding tert-OH is 2. The van der Waals surface area contributed by atoms with Crippen LogP contribution in [0.5, 0.6) is 5.75 Å². The predicted octanol–water partition coefficient (Wildman–Crippen LogP) is -0.501. The van der Waals surface area contributed by atoms with E-state index in [1.807, 2.05) is 0 Å². The third-order valence-electron chi connectivity index (χ3n) is 6.36. The maximum atomic E-state index is 14.2. The quantitative estimate of drug-likeness (QED) is 0.167. The molecule has 0 radical (unpaired) electrons. The SMILES string of the molecule is COc1ccc(CN(O)[C@@]2(O)[C@H](O)[C@@H](CO)O[C@]2(O)n2c(N)c(Cc3ccccc3F)cnc2=O)cc1. The number of rotatable bonds is 8. The van der Waals surface area contributed by atoms with E-state index in [9.17, 15) is 34.8 Å². The fourth-order valence-corrected chi connectivity index (χ4v) is 4.29. The number of nitrogens with two attached hydrogens (primary N) is 1. The first-order chi connectivity index (χ1) is 17.6. The number of anilines is 1. The number of hydroxylamine groups is 2. The standard InChI is InChI=1S/C24H27FN4O8/c1-36-17-8-6-14(7-9-17)12-28(35)23(33)20(31)19(13-30)37-24(23,34)29-21(26)16(11-27-22(29)32)10-15-4-2-3-5-18(15)25/h2-9,11,19-20,30-31,33-35H,10,12-13,26H2,1H3/t19-,20-,23-,24+/m1/s1. The number of ether oxygens (including phenoxy) is 2. The normalized spacial score (nSPS) is 25.5. The van der Waals surface area contributed by atoms with Crippen LogP contribution < -0.4 is 16.2 Å². The molecular formula is C24H27FN4O8. The summed E-state index contributed by atoms with van der Waals surface area (Å²) in [5.74, 6) is -3.75. The van der Waals surface area contributed by atoms with Gasteiger partial charge in [-0.3, -0.25) is 0 Å². The number of aliphatic hydroxyl groups is 4. The van der Waals surface area contributed by atoms with Crippen molar-refractivity contribution in [2.75, 3.05) is 19.5 Å². The van der Waals surface area contributed by atoms with Crippen molar-refractivity contribution in [3.8, 4) is 5.75 Å². The van der Waals surface area contributed by atoms with Crippen LogP contribution in [-0.2, 0) is 23.6 Å². The van der Waals surface area contributed by atoms with Crippen LogP contribution in [0.25, 0.3) is 0 Å². The molecular weight excluding hydrogens is 491 g/mol. The maximum Gasteiger partial charge on any atom is 0.353 e. The number of nitrogens with zero attached hydrogens (tertiary/aromatic N) is 3. The van der Waals surface area contributed by atoms with Crippen LogP contribution in [0.4, 0.5) is 10.2 Å². The van der Waals surface area contributed by atoms with E-state index in [0.29, 0.717) is 15.9 Å². The van der Waals surface area contributed by atoms with E-state index in [1.54, 1.807) is 30.3 Å². The van der Waals surface area contributed by atoms with Gasteiger partial charge in [-0.2, -0.15) is 0 Å². The molecule has 0 aliphatic carbocycles. The second-order valence-electron chi connectivity index (χ2n) is 8.58. The number of methoxy groups -OCH3 is 1. The van der Waals surface area contributed by atoms with Gasteiger partial charge in [0.1, 0.15) is 29.6 Å². The third kappa shape index (κ3) is 4.46. The third-order valence-corrected chi connectivity index (χ3v) is 6.36. The zero-order valence-corrected chi connectivity index (χ0v) is 19.7. The molecule has 12 nitrogen and oxygen atoms in total. The van der Waals surface area contributed by atoms with Crippen molar-refractivity contribution in [3.63, 3.8) is 0 Å². The van der Waals surface area contributed by atoms with Gasteiger partial charge in [0.2, 0.25) is 5.72 Å². The van der Waals surface area contributed by atoms with Gasteiger partial charge in [-0.15, -0.1) is 5.06 Å². The van der Waals surface area contributed by atoms with Gasteiger partial charge in [-0.05, 0) is 29.3 Å². The Morgan fingerprint density at radius 1 is 1.19 bits per heavy atom. The molecule has 0 unspecified atom stereocenters. The highest BCUT2D eigenvalue weighted by Crippen LogP contribution is 2.44. The molecule has 4 atom stereocenters. The molecule has 0 spiro atoms. The Kier molecular flexibility index (Phi) is 7.30. The molecule has 0 bridgehead atoms. The second-order valence-corrected chi connectivity index (χ2v) is 8.58. The average Bonchev–Trinajstić information content (AvgIpc) is 3.09. The van der Waals surface area contributed by atoms with Crippen molar-refractivity contribution < 1.29 is 39.5 Å². The van der Waals surface area contributed by atoms with Gasteiger partial charge >= 0.3 is 11.6 Å². The van der Waals surface area contributed by atoms with E-state index in [1.165, 1.54) is 25.3 Å². The van der Waals surface area contributed by atoms with E-state index < -0.39 is 54.3 Å². The molecule has 198 valence electrons. The molecule has 1 aromatic heterocycles. The first kappa shape index (κ1) is 26.6. The summed E-state index contributed by atoms with van der Waals surface area (Å²) in [7, 11) is 1.47. The fourth-order valence-electron chi connectivity index (χ4n) is 4.29. The molecule has 2 aromatic carbocycles. The van der Waals surface area contributed by atoms with E-state index >= 15 is 0 Å². The summed E-state index contributed by atoms with van der Waals surface area (Å²) in [6.45, 7) is -1.38. The lowest BCUT2D eigenvalue weighted by Gasteiger charge is -2.42. The van der Waals surface area contributed by atoms with Crippen molar-refractivity contribution in [1.82, 2.24) is 14.6 Å². The number of halogens is 1. The highest BCUT2D eigenvalue weighted by Gasteiger charge is 2.70. The minimum absolute atomic E-state index is 0.0747. The summed E-state index contributed by atoms with van der Waals surface area (Å²) >= 11 is 0. The van der Waals surface area contributed by atoms with Crippen LogP contribution in [-0.4, -0.2) is 71.9 Å². The van der Waals surface area contributed by atoms with E-state index in [2.05, 4.69) is 4.98 Å². The minimum atomic E-state index is -3.24. The van der Waals surface area contributed by atoms with Crippen LogP contribution in [0, 0.1) is 5.82 Å². The lowest BCUT2D eigenvalue weighted by Crippen LogP contribution is -2.68. The summed E-state index contributed by atoms with van der Waals surface area (Å²) in [6.07, 6.45) is -2.86. The van der Waals surface area contributed by atoms with E-state index in [-0.39, 0.29) is 22.6 Å². The van der Waals surface area contributed by atoms with E-state index in [0.717, 1.165) is 6.20 Å². The van der Waals surface area contributed by atoms with Crippen LogP contribution in [0.2, 0.25) is 0 Å². The Hall–Kier alpha value is -3.43. The molecule has 1 fully saturated rings. The Morgan fingerprint density at radius 2 is 1.86 bits per heavy atom. The lowest BCUT2D eigenvalue weighted by molar-refractivity contribution is -0.413. The van der Waals surface area contributed by atoms with Crippen LogP contribution in [0.1, 0.15) is 16.7 Å². The molecule has 3 aromatic rings. The molecule has 7 N–H and O–H groups in total. The van der Waals surface area contributed by atoms with Gasteiger partial charge < -0.3 is 40.8 Å².